The second-order valence-corrected chi connectivity index (χ2v) is 6.15. The topological polar surface area (TPSA) is 24.1 Å². The van der Waals surface area contributed by atoms with Gasteiger partial charge in [0.05, 0.1) is 3.79 Å². The zero-order chi connectivity index (χ0) is 9.80. The summed E-state index contributed by atoms with van der Waals surface area (Å²) in [7, 11) is 0. The van der Waals surface area contributed by atoms with Crippen molar-refractivity contribution in [1.29, 1.82) is 0 Å². The van der Waals surface area contributed by atoms with Gasteiger partial charge >= 0.3 is 0 Å². The van der Waals surface area contributed by atoms with E-state index < -0.39 is 0 Å². The van der Waals surface area contributed by atoms with E-state index in [1.54, 1.807) is 0 Å². The second kappa shape index (κ2) is 5.26. The Morgan fingerprint density at radius 2 is 2.50 bits per heavy atom. The first-order chi connectivity index (χ1) is 6.84. The molecule has 1 unspecified atom stereocenters. The zero-order valence-electron chi connectivity index (χ0n) is 8.05. The predicted octanol–water partition coefficient (Wildman–Crippen LogP) is 2.00. The van der Waals surface area contributed by atoms with Gasteiger partial charge in [0.25, 0.3) is 0 Å². The van der Waals surface area contributed by atoms with Crippen LogP contribution < -0.4 is 10.6 Å². The molecule has 0 amide bonds. The summed E-state index contributed by atoms with van der Waals surface area (Å²) in [6.07, 6.45) is 2.42. The summed E-state index contributed by atoms with van der Waals surface area (Å²) >= 11 is 5.31. The van der Waals surface area contributed by atoms with Gasteiger partial charge in [0.15, 0.2) is 0 Å². The lowest BCUT2D eigenvalue weighted by Crippen LogP contribution is -2.32. The maximum atomic E-state index is 3.57. The highest BCUT2D eigenvalue weighted by atomic mass is 79.9. The summed E-state index contributed by atoms with van der Waals surface area (Å²) in [4.78, 5) is 1.45. The summed E-state index contributed by atoms with van der Waals surface area (Å²) in [6, 6.07) is 5.01. The molecule has 1 aliphatic rings. The van der Waals surface area contributed by atoms with Gasteiger partial charge in [-0.25, -0.2) is 0 Å². The monoisotopic (exact) mass is 274 g/mol. The smallest absolute Gasteiger partial charge is 0.0701 e. The Morgan fingerprint density at radius 3 is 3.14 bits per heavy atom. The highest BCUT2D eigenvalue weighted by molar-refractivity contribution is 9.11. The molecule has 2 rings (SSSR count). The van der Waals surface area contributed by atoms with Gasteiger partial charge in [-0.15, -0.1) is 11.3 Å². The summed E-state index contributed by atoms with van der Waals surface area (Å²) in [5.74, 6) is 0. The van der Waals surface area contributed by atoms with Crippen molar-refractivity contribution in [2.24, 2.45) is 0 Å². The van der Waals surface area contributed by atoms with Crippen molar-refractivity contribution in [3.05, 3.63) is 20.8 Å². The summed E-state index contributed by atoms with van der Waals surface area (Å²) < 4.78 is 1.23. The fraction of sp³-hybridized carbons (Fsp3) is 0.600. The van der Waals surface area contributed by atoms with E-state index in [2.05, 4.69) is 38.7 Å². The average molecular weight is 275 g/mol. The minimum atomic E-state index is 0.693. The molecule has 0 bridgehead atoms. The summed E-state index contributed by atoms with van der Waals surface area (Å²) in [5, 5.41) is 6.93. The highest BCUT2D eigenvalue weighted by Gasteiger charge is 2.12. The van der Waals surface area contributed by atoms with Crippen molar-refractivity contribution in [2.75, 3.05) is 19.6 Å². The number of nitrogens with one attached hydrogen (secondary N) is 2. The van der Waals surface area contributed by atoms with Crippen LogP contribution in [0.15, 0.2) is 15.9 Å². The first kappa shape index (κ1) is 10.6. The van der Waals surface area contributed by atoms with Gasteiger partial charge in [0, 0.05) is 24.0 Å². The van der Waals surface area contributed by atoms with Gasteiger partial charge in [-0.05, 0) is 47.4 Å². The molecule has 0 radical (unpaired) electrons. The molecular formula is C10H15BrN2S. The molecule has 0 aromatic carbocycles. The van der Waals surface area contributed by atoms with Crippen LogP contribution in [0.4, 0.5) is 0 Å². The maximum Gasteiger partial charge on any atom is 0.0701 e. The Hall–Kier alpha value is 0.1000. The molecule has 0 saturated carbocycles. The zero-order valence-corrected chi connectivity index (χ0v) is 10.5. The Labute approximate surface area is 97.2 Å². The van der Waals surface area contributed by atoms with E-state index in [4.69, 9.17) is 0 Å². The lowest BCUT2D eigenvalue weighted by atomic mass is 10.2. The van der Waals surface area contributed by atoms with Crippen molar-refractivity contribution in [2.45, 2.75) is 18.9 Å². The fourth-order valence-electron chi connectivity index (χ4n) is 1.71. The minimum absolute atomic E-state index is 0.693. The molecule has 2 N–H and O–H groups in total. The molecule has 1 fully saturated rings. The molecule has 78 valence electrons. The number of hydrogen-bond acceptors (Lipinski definition) is 3. The van der Waals surface area contributed by atoms with Gasteiger partial charge in [-0.2, -0.15) is 0 Å². The third-order valence-corrected chi connectivity index (χ3v) is 4.18. The molecule has 2 heterocycles. The van der Waals surface area contributed by atoms with Gasteiger partial charge in [-0.1, -0.05) is 0 Å². The molecule has 1 aliphatic heterocycles. The second-order valence-electron chi connectivity index (χ2n) is 3.60. The van der Waals surface area contributed by atoms with E-state index in [-0.39, 0.29) is 0 Å². The highest BCUT2D eigenvalue weighted by Crippen LogP contribution is 2.22. The first-order valence-corrected chi connectivity index (χ1v) is 6.64. The van der Waals surface area contributed by atoms with E-state index in [9.17, 15) is 0 Å². The normalized spacial score (nSPS) is 21.6. The molecule has 14 heavy (non-hydrogen) atoms. The third-order valence-electron chi connectivity index (χ3n) is 2.49. The molecule has 0 spiro atoms. The Bertz CT molecular complexity index is 281. The molecule has 2 nitrogen and oxygen atoms in total. The van der Waals surface area contributed by atoms with Crippen LogP contribution in [0.2, 0.25) is 0 Å². The third kappa shape index (κ3) is 3.05. The van der Waals surface area contributed by atoms with Gasteiger partial charge in [0.1, 0.15) is 0 Å². The SMILES string of the molecule is Brc1ccc(CCNC2CCNC2)s1. The molecule has 0 aliphatic carbocycles. The van der Waals surface area contributed by atoms with Gasteiger partial charge in [-0.3, -0.25) is 0 Å². The molecule has 1 saturated heterocycles. The van der Waals surface area contributed by atoms with Crippen LogP contribution in [-0.4, -0.2) is 25.7 Å². The minimum Gasteiger partial charge on any atom is -0.315 e. The molecular weight excluding hydrogens is 260 g/mol. The molecule has 4 heteroatoms. The van der Waals surface area contributed by atoms with Crippen LogP contribution in [0, 0.1) is 0 Å². The first-order valence-electron chi connectivity index (χ1n) is 5.03. The number of rotatable bonds is 4. The molecule has 1 aromatic heterocycles. The van der Waals surface area contributed by atoms with Gasteiger partial charge < -0.3 is 10.6 Å². The van der Waals surface area contributed by atoms with Crippen molar-refractivity contribution < 1.29 is 0 Å². The molecule has 1 atom stereocenters. The van der Waals surface area contributed by atoms with Crippen LogP contribution in [-0.2, 0) is 6.42 Å². The van der Waals surface area contributed by atoms with Crippen molar-refractivity contribution in [3.8, 4) is 0 Å². The number of hydrogen-bond donors (Lipinski definition) is 2. The maximum absolute atomic E-state index is 3.57. The van der Waals surface area contributed by atoms with Crippen LogP contribution in [0.5, 0.6) is 0 Å². The lowest BCUT2D eigenvalue weighted by molar-refractivity contribution is 0.551. The fourth-order valence-corrected chi connectivity index (χ4v) is 3.20. The van der Waals surface area contributed by atoms with E-state index in [1.165, 1.54) is 21.6 Å². The van der Waals surface area contributed by atoms with Crippen LogP contribution >= 0.6 is 27.3 Å². The Morgan fingerprint density at radius 1 is 1.57 bits per heavy atom. The van der Waals surface area contributed by atoms with Crippen LogP contribution in [0.25, 0.3) is 0 Å². The summed E-state index contributed by atoms with van der Waals surface area (Å²) in [6.45, 7) is 3.40. The largest absolute Gasteiger partial charge is 0.315 e. The van der Waals surface area contributed by atoms with Crippen molar-refractivity contribution >= 4 is 27.3 Å². The average Bonchev–Trinajstić information content (AvgIpc) is 2.77. The standard InChI is InChI=1S/C10H15BrN2S/c11-10-2-1-9(14-10)4-6-13-8-3-5-12-7-8/h1-2,8,12-13H,3-7H2. The lowest BCUT2D eigenvalue weighted by Gasteiger charge is -2.09. The van der Waals surface area contributed by atoms with E-state index in [0.29, 0.717) is 6.04 Å². The van der Waals surface area contributed by atoms with Gasteiger partial charge in [0.2, 0.25) is 0 Å². The van der Waals surface area contributed by atoms with E-state index in [1.807, 2.05) is 11.3 Å². The van der Waals surface area contributed by atoms with Crippen LogP contribution in [0.1, 0.15) is 11.3 Å². The molecule has 1 aromatic rings. The Balaban J connectivity index is 1.67. The van der Waals surface area contributed by atoms with E-state index >= 15 is 0 Å². The number of halogens is 1. The Kier molecular flexibility index (Phi) is 3.99. The quantitative estimate of drug-likeness (QED) is 0.878. The van der Waals surface area contributed by atoms with Crippen molar-refractivity contribution in [1.82, 2.24) is 10.6 Å². The van der Waals surface area contributed by atoms with Crippen molar-refractivity contribution in [3.63, 3.8) is 0 Å². The van der Waals surface area contributed by atoms with E-state index in [0.717, 1.165) is 19.5 Å². The number of thiophene rings is 1. The predicted molar refractivity (Wildman–Crippen MR) is 65.0 cm³/mol. The van der Waals surface area contributed by atoms with Crippen LogP contribution in [0.3, 0.4) is 0 Å². The summed E-state index contributed by atoms with van der Waals surface area (Å²) in [5.41, 5.74) is 0.